The van der Waals surface area contributed by atoms with Crippen LogP contribution in [0.1, 0.15) is 5.69 Å². The number of rotatable bonds is 3. The van der Waals surface area contributed by atoms with Crippen LogP contribution in [0.5, 0.6) is 0 Å². The standard InChI is InChI=1S/C11H9BrFN3/c12-10-5-8(13)1-2-11(10)15-6-9-3-4-14-7-16-9/h1-5,7,15H,6H2. The first-order chi connectivity index (χ1) is 7.75. The van der Waals surface area contributed by atoms with Crippen LogP contribution in [0.25, 0.3) is 0 Å². The predicted octanol–water partition coefficient (Wildman–Crippen LogP) is 2.99. The van der Waals surface area contributed by atoms with Crippen LogP contribution in [0, 0.1) is 5.82 Å². The van der Waals surface area contributed by atoms with Crippen LogP contribution in [0.3, 0.4) is 0 Å². The first kappa shape index (κ1) is 11.0. The highest BCUT2D eigenvalue weighted by Crippen LogP contribution is 2.23. The van der Waals surface area contributed by atoms with Crippen LogP contribution >= 0.6 is 15.9 Å². The number of nitrogens with one attached hydrogen (secondary N) is 1. The van der Waals surface area contributed by atoms with Gasteiger partial charge in [0.1, 0.15) is 12.1 Å². The molecule has 2 aromatic rings. The normalized spacial score (nSPS) is 10.1. The molecule has 1 aromatic heterocycles. The van der Waals surface area contributed by atoms with Crippen LogP contribution in [-0.4, -0.2) is 9.97 Å². The van der Waals surface area contributed by atoms with E-state index in [1.54, 1.807) is 12.3 Å². The fourth-order valence-electron chi connectivity index (χ4n) is 1.24. The smallest absolute Gasteiger partial charge is 0.124 e. The fourth-order valence-corrected chi connectivity index (χ4v) is 1.73. The van der Waals surface area contributed by atoms with E-state index >= 15 is 0 Å². The molecule has 0 saturated heterocycles. The molecule has 0 amide bonds. The van der Waals surface area contributed by atoms with E-state index in [1.165, 1.54) is 18.5 Å². The van der Waals surface area contributed by atoms with Crippen molar-refractivity contribution in [2.75, 3.05) is 5.32 Å². The monoisotopic (exact) mass is 281 g/mol. The number of anilines is 1. The fraction of sp³-hybridized carbons (Fsp3) is 0.0909. The summed E-state index contributed by atoms with van der Waals surface area (Å²) in [5.74, 6) is -0.264. The molecule has 0 atom stereocenters. The van der Waals surface area contributed by atoms with Gasteiger partial charge in [0.2, 0.25) is 0 Å². The molecule has 82 valence electrons. The molecule has 0 radical (unpaired) electrons. The molecule has 0 spiro atoms. The van der Waals surface area contributed by atoms with Gasteiger partial charge in [0.25, 0.3) is 0 Å². The van der Waals surface area contributed by atoms with Gasteiger partial charge in [-0.1, -0.05) is 0 Å². The van der Waals surface area contributed by atoms with E-state index in [1.807, 2.05) is 6.07 Å². The van der Waals surface area contributed by atoms with Gasteiger partial charge < -0.3 is 5.32 Å². The zero-order valence-electron chi connectivity index (χ0n) is 8.32. The van der Waals surface area contributed by atoms with Crippen molar-refractivity contribution in [1.29, 1.82) is 0 Å². The molecule has 3 nitrogen and oxygen atoms in total. The number of aromatic nitrogens is 2. The van der Waals surface area contributed by atoms with Gasteiger partial charge >= 0.3 is 0 Å². The quantitative estimate of drug-likeness (QED) is 0.940. The summed E-state index contributed by atoms with van der Waals surface area (Å²) >= 11 is 3.29. The van der Waals surface area contributed by atoms with Crippen molar-refractivity contribution in [2.45, 2.75) is 6.54 Å². The van der Waals surface area contributed by atoms with E-state index in [-0.39, 0.29) is 5.82 Å². The van der Waals surface area contributed by atoms with Gasteiger partial charge in [0.15, 0.2) is 0 Å². The van der Waals surface area contributed by atoms with E-state index in [2.05, 4.69) is 31.2 Å². The first-order valence-corrected chi connectivity index (χ1v) is 5.49. The molecule has 0 bridgehead atoms. The summed E-state index contributed by atoms with van der Waals surface area (Å²) in [5.41, 5.74) is 1.71. The summed E-state index contributed by atoms with van der Waals surface area (Å²) < 4.78 is 13.5. The largest absolute Gasteiger partial charge is 0.378 e. The maximum absolute atomic E-state index is 12.8. The SMILES string of the molecule is Fc1ccc(NCc2ccncn2)c(Br)c1. The molecular weight excluding hydrogens is 273 g/mol. The second-order valence-electron chi connectivity index (χ2n) is 3.18. The highest BCUT2D eigenvalue weighted by Gasteiger charge is 2.01. The van der Waals surface area contributed by atoms with E-state index < -0.39 is 0 Å². The van der Waals surface area contributed by atoms with Gasteiger partial charge in [-0.3, -0.25) is 0 Å². The lowest BCUT2D eigenvalue weighted by molar-refractivity contribution is 0.627. The number of benzene rings is 1. The van der Waals surface area contributed by atoms with E-state index in [0.29, 0.717) is 11.0 Å². The molecule has 16 heavy (non-hydrogen) atoms. The molecule has 1 heterocycles. The summed E-state index contributed by atoms with van der Waals surface area (Å²) in [6.45, 7) is 0.576. The van der Waals surface area contributed by atoms with Crippen molar-refractivity contribution < 1.29 is 4.39 Å². The minimum atomic E-state index is -0.264. The number of hydrogen-bond acceptors (Lipinski definition) is 3. The molecule has 0 unspecified atom stereocenters. The molecule has 0 fully saturated rings. The maximum Gasteiger partial charge on any atom is 0.124 e. The summed E-state index contributed by atoms with van der Waals surface area (Å²) in [5, 5.41) is 3.15. The van der Waals surface area contributed by atoms with Crippen LogP contribution in [0.4, 0.5) is 10.1 Å². The molecule has 0 aliphatic carbocycles. The van der Waals surface area contributed by atoms with Crippen molar-refractivity contribution in [3.05, 3.63) is 52.8 Å². The van der Waals surface area contributed by atoms with Crippen molar-refractivity contribution in [2.24, 2.45) is 0 Å². The van der Waals surface area contributed by atoms with Gasteiger partial charge in [-0.15, -0.1) is 0 Å². The van der Waals surface area contributed by atoms with Crippen molar-refractivity contribution in [1.82, 2.24) is 9.97 Å². The van der Waals surface area contributed by atoms with Gasteiger partial charge in [-0.2, -0.15) is 0 Å². The molecule has 0 aliphatic rings. The third kappa shape index (κ3) is 2.76. The summed E-state index contributed by atoms with van der Waals surface area (Å²) in [6, 6.07) is 6.33. The van der Waals surface area contributed by atoms with E-state index in [0.717, 1.165) is 11.4 Å². The molecule has 1 aromatic carbocycles. The van der Waals surface area contributed by atoms with Gasteiger partial charge in [0, 0.05) is 16.4 Å². The predicted molar refractivity (Wildman–Crippen MR) is 63.5 cm³/mol. The number of hydrogen-bond donors (Lipinski definition) is 1. The molecule has 1 N–H and O–H groups in total. The third-order valence-corrected chi connectivity index (χ3v) is 2.69. The second-order valence-corrected chi connectivity index (χ2v) is 4.03. The summed E-state index contributed by atoms with van der Waals surface area (Å²) in [4.78, 5) is 7.91. The zero-order valence-corrected chi connectivity index (χ0v) is 9.91. The second kappa shape index (κ2) is 5.03. The molecule has 0 saturated carbocycles. The molecule has 2 rings (SSSR count). The Morgan fingerprint density at radius 2 is 2.19 bits per heavy atom. The van der Waals surface area contributed by atoms with Gasteiger partial charge in [-0.25, -0.2) is 14.4 Å². The molecular formula is C11H9BrFN3. The lowest BCUT2D eigenvalue weighted by Gasteiger charge is -2.07. The Morgan fingerprint density at radius 1 is 1.31 bits per heavy atom. The average Bonchev–Trinajstić information content (AvgIpc) is 2.29. The van der Waals surface area contributed by atoms with E-state index in [9.17, 15) is 4.39 Å². The zero-order chi connectivity index (χ0) is 11.4. The Morgan fingerprint density at radius 3 is 2.88 bits per heavy atom. The van der Waals surface area contributed by atoms with Crippen LogP contribution < -0.4 is 5.32 Å². The summed E-state index contributed by atoms with van der Waals surface area (Å²) in [6.07, 6.45) is 3.18. The highest BCUT2D eigenvalue weighted by molar-refractivity contribution is 9.10. The Bertz CT molecular complexity index is 476. The van der Waals surface area contributed by atoms with Crippen molar-refractivity contribution in [3.63, 3.8) is 0 Å². The highest BCUT2D eigenvalue weighted by atomic mass is 79.9. The van der Waals surface area contributed by atoms with Crippen LogP contribution in [0.15, 0.2) is 41.3 Å². The minimum Gasteiger partial charge on any atom is -0.378 e. The van der Waals surface area contributed by atoms with Gasteiger partial charge in [-0.05, 0) is 40.2 Å². The van der Waals surface area contributed by atoms with Crippen LogP contribution in [-0.2, 0) is 6.54 Å². The molecule has 5 heteroatoms. The lowest BCUT2D eigenvalue weighted by atomic mass is 10.3. The molecule has 0 aliphatic heterocycles. The van der Waals surface area contributed by atoms with Crippen LogP contribution in [0.2, 0.25) is 0 Å². The van der Waals surface area contributed by atoms with E-state index in [4.69, 9.17) is 0 Å². The Kier molecular flexibility index (Phi) is 3.46. The summed E-state index contributed by atoms with van der Waals surface area (Å²) in [7, 11) is 0. The Labute approximate surface area is 101 Å². The first-order valence-electron chi connectivity index (χ1n) is 4.69. The minimum absolute atomic E-state index is 0.264. The van der Waals surface area contributed by atoms with Gasteiger partial charge in [0.05, 0.1) is 12.2 Å². The Hall–Kier alpha value is -1.49. The number of halogens is 2. The van der Waals surface area contributed by atoms with Crippen molar-refractivity contribution in [3.8, 4) is 0 Å². The number of nitrogens with zero attached hydrogens (tertiary/aromatic N) is 2. The average molecular weight is 282 g/mol. The van der Waals surface area contributed by atoms with Crippen molar-refractivity contribution >= 4 is 21.6 Å². The Balaban J connectivity index is 2.05. The lowest BCUT2D eigenvalue weighted by Crippen LogP contribution is -2.02. The maximum atomic E-state index is 12.8. The topological polar surface area (TPSA) is 37.8 Å². The third-order valence-electron chi connectivity index (χ3n) is 2.03.